The topological polar surface area (TPSA) is 103 Å². The van der Waals surface area contributed by atoms with Gasteiger partial charge < -0.3 is 15.5 Å². The maximum absolute atomic E-state index is 13.7. The number of likely N-dealkylation sites (N-methyl/N-ethyl adjacent to an activating group) is 1. The van der Waals surface area contributed by atoms with Crippen molar-refractivity contribution in [2.24, 2.45) is 4.99 Å². The van der Waals surface area contributed by atoms with E-state index in [1.807, 2.05) is 37.3 Å². The molecule has 0 bridgehead atoms. The molecule has 1 saturated heterocycles. The zero-order valence-electron chi connectivity index (χ0n) is 19.5. The molecule has 1 amide bonds. The lowest BCUT2D eigenvalue weighted by atomic mass is 9.94. The summed E-state index contributed by atoms with van der Waals surface area (Å²) in [5.41, 5.74) is 1.14. The van der Waals surface area contributed by atoms with Crippen LogP contribution < -0.4 is 10.6 Å². The molecule has 1 unspecified atom stereocenters. The number of amides is 1. The summed E-state index contributed by atoms with van der Waals surface area (Å²) >= 11 is 0. The van der Waals surface area contributed by atoms with Crippen LogP contribution in [0.15, 0.2) is 71.4 Å². The van der Waals surface area contributed by atoms with E-state index in [9.17, 15) is 14.9 Å². The van der Waals surface area contributed by atoms with Gasteiger partial charge in [0.15, 0.2) is 0 Å². The van der Waals surface area contributed by atoms with Crippen LogP contribution in [0, 0.1) is 10.1 Å². The number of allylic oxidation sites excluding steroid dienone is 2. The van der Waals surface area contributed by atoms with E-state index in [0.29, 0.717) is 23.4 Å². The van der Waals surface area contributed by atoms with Crippen molar-refractivity contribution in [1.82, 2.24) is 20.4 Å². The molecule has 2 aliphatic heterocycles. The monoisotopic (exact) mass is 462 g/mol. The van der Waals surface area contributed by atoms with Crippen molar-refractivity contribution < 1.29 is 9.72 Å². The first-order valence-corrected chi connectivity index (χ1v) is 11.4. The molecule has 2 N–H and O–H groups in total. The van der Waals surface area contributed by atoms with E-state index >= 15 is 0 Å². The average molecular weight is 463 g/mol. The highest BCUT2D eigenvalue weighted by molar-refractivity contribution is 6.11. The Morgan fingerprint density at radius 1 is 1.15 bits per heavy atom. The van der Waals surface area contributed by atoms with E-state index in [4.69, 9.17) is 4.99 Å². The number of benzene rings is 2. The van der Waals surface area contributed by atoms with Crippen molar-refractivity contribution in [3.8, 4) is 0 Å². The Morgan fingerprint density at radius 3 is 2.59 bits per heavy atom. The van der Waals surface area contributed by atoms with Gasteiger partial charge in [-0.3, -0.25) is 19.8 Å². The van der Waals surface area contributed by atoms with Gasteiger partial charge in [-0.15, -0.1) is 0 Å². The largest absolute Gasteiger partial charge is 0.353 e. The first kappa shape index (κ1) is 23.6. The zero-order valence-corrected chi connectivity index (χ0v) is 19.5. The molecule has 2 aromatic carbocycles. The molecule has 0 aliphatic carbocycles. The van der Waals surface area contributed by atoms with Crippen molar-refractivity contribution in [3.63, 3.8) is 0 Å². The predicted molar refractivity (Wildman–Crippen MR) is 132 cm³/mol. The number of hydrogen-bond donors (Lipinski definition) is 2. The Bertz CT molecular complexity index is 1110. The van der Waals surface area contributed by atoms with Gasteiger partial charge in [-0.1, -0.05) is 42.5 Å². The molecule has 0 spiro atoms. The van der Waals surface area contributed by atoms with Crippen LogP contribution >= 0.6 is 0 Å². The summed E-state index contributed by atoms with van der Waals surface area (Å²) in [6.07, 6.45) is 1.80. The molecule has 4 rings (SSSR count). The van der Waals surface area contributed by atoms with Crippen LogP contribution in [0.2, 0.25) is 0 Å². The third-order valence-corrected chi connectivity index (χ3v) is 6.20. The number of carbonyl (C=O) groups excluding carboxylic acids is 1. The van der Waals surface area contributed by atoms with Crippen LogP contribution in [0.25, 0.3) is 0 Å². The van der Waals surface area contributed by atoms with Gasteiger partial charge in [0.2, 0.25) is 5.66 Å². The fourth-order valence-corrected chi connectivity index (χ4v) is 4.28. The van der Waals surface area contributed by atoms with Gasteiger partial charge in [-0.2, -0.15) is 0 Å². The lowest BCUT2D eigenvalue weighted by molar-refractivity contribution is -0.384. The number of piperazine rings is 1. The first-order chi connectivity index (χ1) is 16.4. The summed E-state index contributed by atoms with van der Waals surface area (Å²) in [6.45, 7) is 7.12. The van der Waals surface area contributed by atoms with Gasteiger partial charge in [0.1, 0.15) is 0 Å². The summed E-state index contributed by atoms with van der Waals surface area (Å²) in [6, 6.07) is 15.7. The van der Waals surface area contributed by atoms with Gasteiger partial charge in [-0.05, 0) is 20.0 Å². The minimum Gasteiger partial charge on any atom is -0.353 e. The van der Waals surface area contributed by atoms with E-state index in [-0.39, 0.29) is 11.6 Å². The summed E-state index contributed by atoms with van der Waals surface area (Å²) < 4.78 is 0. The third kappa shape index (κ3) is 5.16. The molecule has 1 atom stereocenters. The van der Waals surface area contributed by atoms with Crippen LogP contribution in [0.5, 0.6) is 0 Å². The molecule has 0 radical (unpaired) electrons. The van der Waals surface area contributed by atoms with Crippen LogP contribution in [0.1, 0.15) is 18.1 Å². The van der Waals surface area contributed by atoms with Crippen molar-refractivity contribution >= 4 is 17.3 Å². The highest BCUT2D eigenvalue weighted by atomic mass is 16.6. The maximum Gasteiger partial charge on any atom is 0.273 e. The molecule has 178 valence electrons. The molecule has 2 aromatic rings. The van der Waals surface area contributed by atoms with Crippen molar-refractivity contribution in [3.05, 3.63) is 87.6 Å². The van der Waals surface area contributed by atoms with Gasteiger partial charge in [-0.25, -0.2) is 4.99 Å². The molecular formula is C25H30N6O3. The highest BCUT2D eigenvalue weighted by Crippen LogP contribution is 2.30. The number of nitrogens with one attached hydrogen (secondary N) is 2. The summed E-state index contributed by atoms with van der Waals surface area (Å²) in [5.74, 6) is -0.261. The van der Waals surface area contributed by atoms with Crippen LogP contribution in [0.3, 0.4) is 0 Å². The van der Waals surface area contributed by atoms with Crippen LogP contribution in [-0.4, -0.2) is 72.7 Å². The number of rotatable bonds is 7. The van der Waals surface area contributed by atoms with Crippen molar-refractivity contribution in [2.75, 3.05) is 46.3 Å². The number of non-ortho nitro benzene ring substituents is 1. The predicted octanol–water partition coefficient (Wildman–Crippen LogP) is 2.11. The van der Waals surface area contributed by atoms with E-state index in [0.717, 1.165) is 38.4 Å². The van der Waals surface area contributed by atoms with Crippen LogP contribution in [-0.2, 0) is 10.5 Å². The van der Waals surface area contributed by atoms with Crippen molar-refractivity contribution in [1.29, 1.82) is 0 Å². The maximum atomic E-state index is 13.7. The number of carbonyl (C=O) groups is 1. The van der Waals surface area contributed by atoms with Crippen LogP contribution in [0.4, 0.5) is 5.69 Å². The van der Waals surface area contributed by atoms with E-state index in [1.54, 1.807) is 18.2 Å². The molecule has 0 aromatic heterocycles. The summed E-state index contributed by atoms with van der Waals surface area (Å²) in [7, 11) is 2.12. The van der Waals surface area contributed by atoms with Crippen molar-refractivity contribution in [2.45, 2.75) is 12.6 Å². The summed E-state index contributed by atoms with van der Waals surface area (Å²) in [5, 5.41) is 17.6. The minimum absolute atomic E-state index is 0.0216. The SMILES string of the molecule is CC1=CC(c2cccc([N+](=O)[O-])c2)=NC(C(=O)NCCN2CCN(C)CC2)(c2ccccc2)N1. The molecule has 1 fully saturated rings. The molecule has 0 saturated carbocycles. The number of hydrogen-bond acceptors (Lipinski definition) is 7. The minimum atomic E-state index is -1.37. The lowest BCUT2D eigenvalue weighted by Gasteiger charge is -2.35. The fraction of sp³-hybridized carbons (Fsp3) is 0.360. The van der Waals surface area contributed by atoms with Gasteiger partial charge in [0.05, 0.1) is 10.6 Å². The molecule has 34 heavy (non-hydrogen) atoms. The summed E-state index contributed by atoms with van der Waals surface area (Å²) in [4.78, 5) is 34.0. The molecule has 9 nitrogen and oxygen atoms in total. The Morgan fingerprint density at radius 2 is 1.88 bits per heavy atom. The Balaban J connectivity index is 1.62. The number of nitrogens with zero attached hydrogens (tertiary/aromatic N) is 4. The Labute approximate surface area is 199 Å². The quantitative estimate of drug-likeness (QED) is 0.483. The average Bonchev–Trinajstić information content (AvgIpc) is 2.85. The Hall–Kier alpha value is -3.56. The second-order valence-corrected chi connectivity index (χ2v) is 8.73. The smallest absolute Gasteiger partial charge is 0.273 e. The standard InChI is InChI=1S/C25H30N6O3/c1-19-17-23(20-7-6-10-22(18-20)31(33)34)28-25(27-19,21-8-4-3-5-9-21)24(32)26-11-12-30-15-13-29(2)14-16-30/h3-10,17-18,27H,11-16H2,1-2H3,(H,26,32). The first-order valence-electron chi connectivity index (χ1n) is 11.4. The van der Waals surface area contributed by atoms with E-state index < -0.39 is 10.6 Å². The highest BCUT2D eigenvalue weighted by Gasteiger charge is 2.42. The lowest BCUT2D eigenvalue weighted by Crippen LogP contribution is -2.55. The van der Waals surface area contributed by atoms with Gasteiger partial charge in [0, 0.05) is 68.2 Å². The number of aliphatic imine (C=N–C) groups is 1. The normalized spacial score (nSPS) is 21.2. The van der Waals surface area contributed by atoms with Gasteiger partial charge in [0.25, 0.3) is 11.6 Å². The Kier molecular flexibility index (Phi) is 7.04. The van der Waals surface area contributed by atoms with Gasteiger partial charge >= 0.3 is 0 Å². The zero-order chi connectivity index (χ0) is 24.1. The third-order valence-electron chi connectivity index (χ3n) is 6.20. The second-order valence-electron chi connectivity index (χ2n) is 8.73. The molecule has 9 heteroatoms. The fourth-order valence-electron chi connectivity index (χ4n) is 4.28. The molecule has 2 aliphatic rings. The molecule has 2 heterocycles. The number of nitro groups is 1. The molecular weight excluding hydrogens is 432 g/mol. The second kappa shape index (κ2) is 10.1. The van der Waals surface area contributed by atoms with E-state index in [2.05, 4.69) is 27.5 Å². The van der Waals surface area contributed by atoms with E-state index in [1.165, 1.54) is 12.1 Å². The number of nitro benzene ring substituents is 1.